The van der Waals surface area contributed by atoms with E-state index in [1.807, 2.05) is 13.8 Å². The molecule has 0 unspecified atom stereocenters. The van der Waals surface area contributed by atoms with Crippen molar-refractivity contribution >= 4 is 23.5 Å². The van der Waals surface area contributed by atoms with Gasteiger partial charge in [-0.3, -0.25) is 4.79 Å². The fourth-order valence-electron chi connectivity index (χ4n) is 1.52. The number of carbonyl (C=O) groups is 2. The van der Waals surface area contributed by atoms with Crippen LogP contribution >= 0.6 is 11.6 Å². The van der Waals surface area contributed by atoms with Crippen LogP contribution < -0.4 is 10.1 Å². The maximum absolute atomic E-state index is 11.7. The van der Waals surface area contributed by atoms with Crippen LogP contribution in [-0.4, -0.2) is 31.6 Å². The predicted molar refractivity (Wildman–Crippen MR) is 75.7 cm³/mol. The van der Waals surface area contributed by atoms with Crippen LogP contribution in [0.25, 0.3) is 0 Å². The minimum atomic E-state index is -0.679. The summed E-state index contributed by atoms with van der Waals surface area (Å²) in [4.78, 5) is 23.3. The van der Waals surface area contributed by atoms with Gasteiger partial charge < -0.3 is 14.8 Å². The van der Waals surface area contributed by atoms with Gasteiger partial charge in [0.05, 0.1) is 7.11 Å². The number of rotatable bonds is 6. The summed E-state index contributed by atoms with van der Waals surface area (Å²) in [5.41, 5.74) is 0. The lowest BCUT2D eigenvalue weighted by Gasteiger charge is -2.19. The van der Waals surface area contributed by atoms with Crippen LogP contribution in [-0.2, 0) is 14.3 Å². The molecule has 20 heavy (non-hydrogen) atoms. The Kier molecular flexibility index (Phi) is 6.31. The number of carbonyl (C=O) groups excluding carboxylic acids is 2. The van der Waals surface area contributed by atoms with Gasteiger partial charge in [0.2, 0.25) is 0 Å². The first-order valence-corrected chi connectivity index (χ1v) is 6.57. The van der Waals surface area contributed by atoms with E-state index in [-0.39, 0.29) is 18.4 Å². The van der Waals surface area contributed by atoms with Crippen molar-refractivity contribution in [3.63, 3.8) is 0 Å². The Labute approximate surface area is 123 Å². The Morgan fingerprint density at radius 1 is 1.25 bits per heavy atom. The van der Waals surface area contributed by atoms with Gasteiger partial charge in [-0.2, -0.15) is 0 Å². The number of amides is 1. The summed E-state index contributed by atoms with van der Waals surface area (Å²) in [6.07, 6.45) is 0. The second-order valence-electron chi connectivity index (χ2n) is 4.55. The quantitative estimate of drug-likeness (QED) is 0.816. The highest BCUT2D eigenvalue weighted by Crippen LogP contribution is 2.15. The van der Waals surface area contributed by atoms with Crippen molar-refractivity contribution in [2.24, 2.45) is 5.92 Å². The molecule has 0 saturated heterocycles. The summed E-state index contributed by atoms with van der Waals surface area (Å²) in [5.74, 6) is -0.394. The Hall–Kier alpha value is -1.75. The first kappa shape index (κ1) is 16.3. The standard InChI is InChI=1S/C14H18ClNO4/c1-9(2)13(14(18)19-3)16-12(17)8-20-11-6-4-10(15)5-7-11/h4-7,9,13H,8H2,1-3H3,(H,16,17)/t13-/m0/s1. The van der Waals surface area contributed by atoms with Gasteiger partial charge in [-0.05, 0) is 30.2 Å². The highest BCUT2D eigenvalue weighted by molar-refractivity contribution is 6.30. The molecule has 1 aromatic rings. The SMILES string of the molecule is COC(=O)[C@@H](NC(=O)COc1ccc(Cl)cc1)C(C)C. The van der Waals surface area contributed by atoms with E-state index in [4.69, 9.17) is 16.3 Å². The number of benzene rings is 1. The number of methoxy groups -OCH3 is 1. The minimum Gasteiger partial charge on any atom is -0.484 e. The molecular formula is C14H18ClNO4. The summed E-state index contributed by atoms with van der Waals surface area (Å²) in [5, 5.41) is 3.17. The lowest BCUT2D eigenvalue weighted by Crippen LogP contribution is -2.46. The monoisotopic (exact) mass is 299 g/mol. The molecule has 5 nitrogen and oxygen atoms in total. The van der Waals surface area contributed by atoms with E-state index in [1.165, 1.54) is 7.11 Å². The Balaban J connectivity index is 2.49. The molecule has 1 aromatic carbocycles. The normalized spacial score (nSPS) is 11.8. The van der Waals surface area contributed by atoms with Crippen molar-refractivity contribution in [3.8, 4) is 5.75 Å². The molecule has 1 amide bonds. The molecular weight excluding hydrogens is 282 g/mol. The first-order valence-electron chi connectivity index (χ1n) is 6.19. The number of halogens is 1. The summed E-state index contributed by atoms with van der Waals surface area (Å²) < 4.78 is 9.94. The van der Waals surface area contributed by atoms with E-state index in [0.717, 1.165) is 0 Å². The molecule has 0 aliphatic rings. The third-order valence-corrected chi connectivity index (χ3v) is 2.87. The number of ether oxygens (including phenoxy) is 2. The maximum Gasteiger partial charge on any atom is 0.328 e. The molecule has 0 aliphatic heterocycles. The van der Waals surface area contributed by atoms with E-state index >= 15 is 0 Å². The largest absolute Gasteiger partial charge is 0.484 e. The second-order valence-corrected chi connectivity index (χ2v) is 4.99. The Morgan fingerprint density at radius 2 is 1.85 bits per heavy atom. The molecule has 0 fully saturated rings. The van der Waals surface area contributed by atoms with Crippen LogP contribution in [0.4, 0.5) is 0 Å². The van der Waals surface area contributed by atoms with Gasteiger partial charge >= 0.3 is 5.97 Å². The van der Waals surface area contributed by atoms with Crippen molar-refractivity contribution in [1.82, 2.24) is 5.32 Å². The predicted octanol–water partition coefficient (Wildman–Crippen LogP) is 2.03. The molecule has 0 heterocycles. The van der Waals surface area contributed by atoms with Crippen LogP contribution in [0.2, 0.25) is 5.02 Å². The van der Waals surface area contributed by atoms with Crippen molar-refractivity contribution in [3.05, 3.63) is 29.3 Å². The number of nitrogens with one attached hydrogen (secondary N) is 1. The molecule has 1 rings (SSSR count). The van der Waals surface area contributed by atoms with E-state index < -0.39 is 12.0 Å². The molecule has 6 heteroatoms. The van der Waals surface area contributed by atoms with E-state index in [0.29, 0.717) is 10.8 Å². The van der Waals surface area contributed by atoms with Gasteiger partial charge in [0, 0.05) is 5.02 Å². The van der Waals surface area contributed by atoms with E-state index in [1.54, 1.807) is 24.3 Å². The third kappa shape index (κ3) is 5.09. The summed E-state index contributed by atoms with van der Waals surface area (Å²) in [6.45, 7) is 3.46. The molecule has 0 bridgehead atoms. The van der Waals surface area contributed by atoms with Gasteiger partial charge in [-0.25, -0.2) is 4.79 Å². The van der Waals surface area contributed by atoms with Gasteiger partial charge in [-0.15, -0.1) is 0 Å². The van der Waals surface area contributed by atoms with Crippen molar-refractivity contribution in [2.45, 2.75) is 19.9 Å². The fraction of sp³-hybridized carbons (Fsp3) is 0.429. The summed E-state index contributed by atoms with van der Waals surface area (Å²) in [7, 11) is 1.29. The fourth-order valence-corrected chi connectivity index (χ4v) is 1.65. The van der Waals surface area contributed by atoms with Crippen LogP contribution in [0.15, 0.2) is 24.3 Å². The summed E-state index contributed by atoms with van der Waals surface area (Å²) in [6, 6.07) is 5.98. The molecule has 1 atom stereocenters. The van der Waals surface area contributed by atoms with Crippen LogP contribution in [0, 0.1) is 5.92 Å². The number of hydrogen-bond acceptors (Lipinski definition) is 4. The maximum atomic E-state index is 11.7. The zero-order valence-corrected chi connectivity index (χ0v) is 12.4. The highest BCUT2D eigenvalue weighted by Gasteiger charge is 2.24. The molecule has 0 radical (unpaired) electrons. The third-order valence-electron chi connectivity index (χ3n) is 2.62. The smallest absolute Gasteiger partial charge is 0.328 e. The first-order chi connectivity index (χ1) is 9.43. The van der Waals surface area contributed by atoms with Crippen LogP contribution in [0.3, 0.4) is 0 Å². The zero-order valence-electron chi connectivity index (χ0n) is 11.7. The van der Waals surface area contributed by atoms with Gasteiger partial charge in [-0.1, -0.05) is 25.4 Å². The van der Waals surface area contributed by atoms with Gasteiger partial charge in [0.25, 0.3) is 5.91 Å². The number of hydrogen-bond donors (Lipinski definition) is 1. The van der Waals surface area contributed by atoms with Gasteiger partial charge in [0.15, 0.2) is 6.61 Å². The van der Waals surface area contributed by atoms with Crippen molar-refractivity contribution in [1.29, 1.82) is 0 Å². The topological polar surface area (TPSA) is 64.6 Å². The highest BCUT2D eigenvalue weighted by atomic mass is 35.5. The van der Waals surface area contributed by atoms with Crippen molar-refractivity contribution < 1.29 is 19.1 Å². The van der Waals surface area contributed by atoms with E-state index in [9.17, 15) is 9.59 Å². The average molecular weight is 300 g/mol. The van der Waals surface area contributed by atoms with Crippen LogP contribution in [0.5, 0.6) is 5.75 Å². The van der Waals surface area contributed by atoms with E-state index in [2.05, 4.69) is 10.1 Å². The Bertz CT molecular complexity index is 459. The van der Waals surface area contributed by atoms with Crippen LogP contribution in [0.1, 0.15) is 13.8 Å². The van der Waals surface area contributed by atoms with Crippen molar-refractivity contribution in [2.75, 3.05) is 13.7 Å². The molecule has 110 valence electrons. The lowest BCUT2D eigenvalue weighted by atomic mass is 10.0. The Morgan fingerprint density at radius 3 is 2.35 bits per heavy atom. The summed E-state index contributed by atoms with van der Waals surface area (Å²) >= 11 is 5.74. The molecule has 0 saturated carbocycles. The molecule has 0 aromatic heterocycles. The minimum absolute atomic E-state index is 0.0677. The lowest BCUT2D eigenvalue weighted by molar-refractivity contribution is -0.146. The molecule has 0 aliphatic carbocycles. The second kappa shape index (κ2) is 7.75. The molecule has 0 spiro atoms. The zero-order chi connectivity index (χ0) is 15.1. The number of esters is 1. The van der Waals surface area contributed by atoms with Gasteiger partial charge in [0.1, 0.15) is 11.8 Å². The average Bonchev–Trinajstić information content (AvgIpc) is 2.43. The molecule has 1 N–H and O–H groups in total.